The summed E-state index contributed by atoms with van der Waals surface area (Å²) in [6, 6.07) is 7.95. The summed E-state index contributed by atoms with van der Waals surface area (Å²) in [5.74, 6) is 0.240. The molecule has 0 saturated carbocycles. The first-order chi connectivity index (χ1) is 14.1. The molecule has 1 aromatic carbocycles. The molecule has 1 fully saturated rings. The van der Waals surface area contributed by atoms with Crippen LogP contribution >= 0.6 is 11.3 Å². The highest BCUT2D eigenvalue weighted by Crippen LogP contribution is 2.30. The van der Waals surface area contributed by atoms with Crippen LogP contribution in [0.25, 0.3) is 11.3 Å². The summed E-state index contributed by atoms with van der Waals surface area (Å²) in [6.07, 6.45) is 1.61. The summed E-state index contributed by atoms with van der Waals surface area (Å²) in [4.78, 5) is 22.8. The van der Waals surface area contributed by atoms with E-state index in [4.69, 9.17) is 0 Å². The highest BCUT2D eigenvalue weighted by molar-refractivity contribution is 7.91. The maximum Gasteiger partial charge on any atom is 0.228 e. The zero-order chi connectivity index (χ0) is 21.9. The Balaban J connectivity index is 1.80. The van der Waals surface area contributed by atoms with Gasteiger partial charge in [-0.1, -0.05) is 29.8 Å². The van der Waals surface area contributed by atoms with E-state index in [1.807, 2.05) is 57.1 Å². The molecule has 1 aromatic heterocycles. The predicted octanol–water partition coefficient (Wildman–Crippen LogP) is 2.94. The van der Waals surface area contributed by atoms with Gasteiger partial charge in [-0.25, -0.2) is 13.4 Å². The number of rotatable bonds is 8. The lowest BCUT2D eigenvalue weighted by atomic mass is 10.1. The topological polar surface area (TPSA) is 70.6 Å². The summed E-state index contributed by atoms with van der Waals surface area (Å²) >= 11 is 1.55. The molecule has 1 atom stereocenters. The second-order valence-corrected chi connectivity index (χ2v) is 11.9. The largest absolute Gasteiger partial charge is 0.338 e. The van der Waals surface area contributed by atoms with Crippen molar-refractivity contribution in [3.8, 4) is 11.3 Å². The van der Waals surface area contributed by atoms with Gasteiger partial charge in [0.15, 0.2) is 9.84 Å². The Morgan fingerprint density at radius 2 is 1.87 bits per heavy atom. The first-order valence-corrected chi connectivity index (χ1v) is 13.0. The Morgan fingerprint density at radius 3 is 2.47 bits per heavy atom. The van der Waals surface area contributed by atoms with E-state index in [-0.39, 0.29) is 29.9 Å². The van der Waals surface area contributed by atoms with E-state index in [9.17, 15) is 13.2 Å². The molecule has 1 saturated heterocycles. The fraction of sp³-hybridized carbons (Fsp3) is 0.545. The van der Waals surface area contributed by atoms with Crippen molar-refractivity contribution in [2.75, 3.05) is 38.7 Å². The van der Waals surface area contributed by atoms with Gasteiger partial charge in [-0.05, 0) is 47.3 Å². The number of nitrogens with zero attached hydrogens (tertiary/aromatic N) is 3. The quantitative estimate of drug-likeness (QED) is 0.620. The number of thiazole rings is 1. The highest BCUT2D eigenvalue weighted by Gasteiger charge is 2.34. The summed E-state index contributed by atoms with van der Waals surface area (Å²) in [5.41, 5.74) is 3.05. The van der Waals surface area contributed by atoms with E-state index in [0.717, 1.165) is 34.1 Å². The maximum atomic E-state index is 13.3. The van der Waals surface area contributed by atoms with Gasteiger partial charge < -0.3 is 9.80 Å². The molecular formula is C22H31N3O3S2. The van der Waals surface area contributed by atoms with Crippen LogP contribution in [0.15, 0.2) is 24.3 Å². The van der Waals surface area contributed by atoms with Gasteiger partial charge in [0.25, 0.3) is 0 Å². The molecule has 1 amide bonds. The molecule has 2 heterocycles. The van der Waals surface area contributed by atoms with Crippen LogP contribution in [0.5, 0.6) is 0 Å². The number of hydrogen-bond donors (Lipinski definition) is 0. The molecular weight excluding hydrogens is 418 g/mol. The lowest BCUT2D eigenvalue weighted by Crippen LogP contribution is -2.43. The molecule has 2 aromatic rings. The minimum Gasteiger partial charge on any atom is -0.338 e. The number of benzene rings is 1. The summed E-state index contributed by atoms with van der Waals surface area (Å²) in [7, 11) is 0.947. The molecule has 1 aliphatic rings. The molecule has 3 rings (SSSR count). The molecule has 0 aliphatic carbocycles. The van der Waals surface area contributed by atoms with Crippen molar-refractivity contribution >= 4 is 27.1 Å². The maximum absolute atomic E-state index is 13.3. The van der Waals surface area contributed by atoms with E-state index >= 15 is 0 Å². The van der Waals surface area contributed by atoms with Gasteiger partial charge in [0.1, 0.15) is 0 Å². The predicted molar refractivity (Wildman–Crippen MR) is 123 cm³/mol. The molecule has 30 heavy (non-hydrogen) atoms. The summed E-state index contributed by atoms with van der Waals surface area (Å²) in [6.45, 7) is 5.43. The smallest absolute Gasteiger partial charge is 0.228 e. The van der Waals surface area contributed by atoms with Crippen molar-refractivity contribution in [2.45, 2.75) is 39.2 Å². The number of carbonyl (C=O) groups is 1. The lowest BCUT2D eigenvalue weighted by Gasteiger charge is -2.29. The van der Waals surface area contributed by atoms with Gasteiger partial charge in [0.2, 0.25) is 5.91 Å². The van der Waals surface area contributed by atoms with Gasteiger partial charge in [-0.15, -0.1) is 11.3 Å². The number of aryl methyl sites for hydroxylation is 2. The van der Waals surface area contributed by atoms with Crippen LogP contribution < -0.4 is 0 Å². The Hall–Kier alpha value is -1.77. The second kappa shape index (κ2) is 9.58. The van der Waals surface area contributed by atoms with Gasteiger partial charge in [0, 0.05) is 23.0 Å². The number of aromatic nitrogens is 1. The Labute approximate surface area is 183 Å². The van der Waals surface area contributed by atoms with Crippen molar-refractivity contribution in [1.82, 2.24) is 14.8 Å². The number of amides is 1. The standard InChI is InChI=1S/C22H31N3O3S2/c1-16-6-8-18(9-7-16)22-20(29-17(2)23-22)14-21(26)25(12-5-11-24(3)4)19-10-13-30(27,28)15-19/h6-9,19H,5,10-15H2,1-4H3. The average molecular weight is 450 g/mol. The van der Waals surface area contributed by atoms with Crippen LogP contribution in [0.3, 0.4) is 0 Å². The monoisotopic (exact) mass is 449 g/mol. The Kier molecular flexibility index (Phi) is 7.31. The molecule has 6 nitrogen and oxygen atoms in total. The van der Waals surface area contributed by atoms with Crippen LogP contribution in [-0.4, -0.2) is 73.8 Å². The van der Waals surface area contributed by atoms with Crippen molar-refractivity contribution in [2.24, 2.45) is 0 Å². The third-order valence-corrected chi connectivity index (χ3v) is 8.14. The number of sulfone groups is 1. The Morgan fingerprint density at radius 1 is 1.17 bits per heavy atom. The molecule has 0 N–H and O–H groups in total. The fourth-order valence-corrected chi connectivity index (χ4v) is 6.53. The van der Waals surface area contributed by atoms with E-state index in [2.05, 4.69) is 9.88 Å². The molecule has 0 radical (unpaired) electrons. The minimum atomic E-state index is -3.05. The zero-order valence-corrected chi connectivity index (χ0v) is 19.9. The summed E-state index contributed by atoms with van der Waals surface area (Å²) in [5, 5.41) is 0.927. The fourth-order valence-electron chi connectivity index (χ4n) is 3.85. The molecule has 8 heteroatoms. The van der Waals surface area contributed by atoms with E-state index < -0.39 is 9.84 Å². The number of carbonyl (C=O) groups excluding carboxylic acids is 1. The molecule has 0 spiro atoms. The van der Waals surface area contributed by atoms with E-state index in [0.29, 0.717) is 13.0 Å². The molecule has 1 unspecified atom stereocenters. The Bertz CT molecular complexity index is 982. The zero-order valence-electron chi connectivity index (χ0n) is 18.2. The van der Waals surface area contributed by atoms with E-state index in [1.54, 1.807) is 11.3 Å². The van der Waals surface area contributed by atoms with Crippen LogP contribution in [0.2, 0.25) is 0 Å². The van der Waals surface area contributed by atoms with Crippen LogP contribution in [0.4, 0.5) is 0 Å². The normalized spacial score (nSPS) is 18.1. The molecule has 1 aliphatic heterocycles. The minimum absolute atomic E-state index is 0.00660. The number of hydrogen-bond acceptors (Lipinski definition) is 6. The van der Waals surface area contributed by atoms with Crippen molar-refractivity contribution in [1.29, 1.82) is 0 Å². The van der Waals surface area contributed by atoms with Gasteiger partial charge in [-0.2, -0.15) is 0 Å². The van der Waals surface area contributed by atoms with Crippen LogP contribution in [-0.2, 0) is 21.1 Å². The SMILES string of the molecule is Cc1ccc(-c2nc(C)sc2CC(=O)N(CCCN(C)C)C2CCS(=O)(=O)C2)cc1. The lowest BCUT2D eigenvalue weighted by molar-refractivity contribution is -0.132. The third kappa shape index (κ3) is 5.89. The molecule has 164 valence electrons. The van der Waals surface area contributed by atoms with E-state index in [1.165, 1.54) is 5.56 Å². The highest BCUT2D eigenvalue weighted by atomic mass is 32.2. The molecule has 0 bridgehead atoms. The van der Waals surface area contributed by atoms with Gasteiger partial charge in [0.05, 0.1) is 28.6 Å². The van der Waals surface area contributed by atoms with Crippen molar-refractivity contribution in [3.05, 3.63) is 39.7 Å². The third-order valence-electron chi connectivity index (χ3n) is 5.41. The second-order valence-electron chi connectivity index (χ2n) is 8.35. The average Bonchev–Trinajstić information content (AvgIpc) is 3.20. The van der Waals surface area contributed by atoms with Gasteiger partial charge in [-0.3, -0.25) is 4.79 Å². The van der Waals surface area contributed by atoms with Crippen molar-refractivity contribution in [3.63, 3.8) is 0 Å². The first-order valence-electron chi connectivity index (χ1n) is 10.3. The van der Waals surface area contributed by atoms with Crippen LogP contribution in [0, 0.1) is 13.8 Å². The van der Waals surface area contributed by atoms with Crippen molar-refractivity contribution < 1.29 is 13.2 Å². The van der Waals surface area contributed by atoms with Gasteiger partial charge >= 0.3 is 0 Å². The van der Waals surface area contributed by atoms with Crippen LogP contribution in [0.1, 0.15) is 28.3 Å². The first kappa shape index (κ1) is 22.9. The summed E-state index contributed by atoms with van der Waals surface area (Å²) < 4.78 is 24.0.